The molecule has 0 spiro atoms. The summed E-state index contributed by atoms with van der Waals surface area (Å²) in [6, 6.07) is 2.20. The number of aryl methyl sites for hydroxylation is 1. The van der Waals surface area contributed by atoms with Gasteiger partial charge in [-0.2, -0.15) is 0 Å². The molecule has 0 aliphatic carbocycles. The largest absolute Gasteiger partial charge is 0.370 e. The lowest BCUT2D eigenvalue weighted by Gasteiger charge is -2.20. The van der Waals surface area contributed by atoms with Gasteiger partial charge in [0.15, 0.2) is 0 Å². The van der Waals surface area contributed by atoms with Gasteiger partial charge in [-0.25, -0.2) is 9.97 Å². The zero-order valence-corrected chi connectivity index (χ0v) is 14.0. The van der Waals surface area contributed by atoms with Crippen molar-refractivity contribution in [1.29, 1.82) is 0 Å². The van der Waals surface area contributed by atoms with Gasteiger partial charge in [0.25, 0.3) is 0 Å². The summed E-state index contributed by atoms with van der Waals surface area (Å²) in [6.45, 7) is 13.6. The number of rotatable bonds is 3. The molecule has 0 saturated heterocycles. The van der Waals surface area contributed by atoms with E-state index in [-0.39, 0.29) is 5.41 Å². The Bertz CT molecular complexity index is 609. The quantitative estimate of drug-likeness (QED) is 0.900. The molecule has 0 saturated carbocycles. The second-order valence-electron chi connectivity index (χ2n) is 6.10. The molecule has 3 nitrogen and oxygen atoms in total. The van der Waals surface area contributed by atoms with Crippen LogP contribution in [0.25, 0.3) is 11.3 Å². The molecule has 108 valence electrons. The van der Waals surface area contributed by atoms with E-state index in [9.17, 15) is 0 Å². The van der Waals surface area contributed by atoms with E-state index in [4.69, 9.17) is 9.97 Å². The monoisotopic (exact) mass is 289 g/mol. The average Bonchev–Trinajstić information content (AvgIpc) is 2.77. The van der Waals surface area contributed by atoms with Crippen molar-refractivity contribution in [2.24, 2.45) is 0 Å². The highest BCUT2D eigenvalue weighted by molar-refractivity contribution is 7.10. The van der Waals surface area contributed by atoms with Crippen LogP contribution in [-0.2, 0) is 5.41 Å². The van der Waals surface area contributed by atoms with Crippen LogP contribution >= 0.6 is 11.3 Å². The van der Waals surface area contributed by atoms with E-state index in [1.165, 1.54) is 10.4 Å². The molecule has 2 aromatic heterocycles. The van der Waals surface area contributed by atoms with Crippen LogP contribution in [0.3, 0.4) is 0 Å². The maximum atomic E-state index is 4.83. The van der Waals surface area contributed by atoms with Crippen LogP contribution in [0, 0.1) is 13.8 Å². The molecule has 2 heterocycles. The summed E-state index contributed by atoms with van der Waals surface area (Å²) in [4.78, 5) is 10.8. The van der Waals surface area contributed by atoms with E-state index in [0.717, 1.165) is 29.4 Å². The van der Waals surface area contributed by atoms with Crippen LogP contribution in [-0.4, -0.2) is 16.5 Å². The molecule has 0 radical (unpaired) electrons. The molecule has 2 rings (SSSR count). The summed E-state index contributed by atoms with van der Waals surface area (Å²) < 4.78 is 0. The Hall–Kier alpha value is -1.42. The minimum atomic E-state index is -0.0578. The van der Waals surface area contributed by atoms with Gasteiger partial charge in [0, 0.05) is 33.3 Å². The van der Waals surface area contributed by atoms with Gasteiger partial charge in [-0.3, -0.25) is 0 Å². The van der Waals surface area contributed by atoms with Crippen LogP contribution in [0.5, 0.6) is 0 Å². The van der Waals surface area contributed by atoms with Crippen molar-refractivity contribution in [3.63, 3.8) is 0 Å². The maximum Gasteiger partial charge on any atom is 0.136 e. The van der Waals surface area contributed by atoms with Crippen molar-refractivity contribution in [1.82, 2.24) is 9.97 Å². The molecule has 0 fully saturated rings. The lowest BCUT2D eigenvalue weighted by atomic mass is 9.95. The van der Waals surface area contributed by atoms with Crippen LogP contribution in [0.4, 0.5) is 5.82 Å². The number of aromatic nitrogens is 2. The van der Waals surface area contributed by atoms with Crippen LogP contribution in [0.1, 0.15) is 44.0 Å². The normalized spacial score (nSPS) is 11.7. The topological polar surface area (TPSA) is 37.8 Å². The summed E-state index contributed by atoms with van der Waals surface area (Å²) in [7, 11) is 0. The molecule has 0 unspecified atom stereocenters. The average molecular weight is 289 g/mol. The van der Waals surface area contributed by atoms with E-state index in [2.05, 4.69) is 58.3 Å². The number of nitrogens with one attached hydrogen (secondary N) is 1. The minimum absolute atomic E-state index is 0.0578. The van der Waals surface area contributed by atoms with Crippen molar-refractivity contribution < 1.29 is 0 Å². The van der Waals surface area contributed by atoms with Crippen molar-refractivity contribution in [2.45, 2.75) is 47.0 Å². The molecule has 0 bridgehead atoms. The first-order chi connectivity index (χ1) is 9.32. The lowest BCUT2D eigenvalue weighted by molar-refractivity contribution is 0.546. The predicted molar refractivity (Wildman–Crippen MR) is 87.7 cm³/mol. The fourth-order valence-corrected chi connectivity index (χ4v) is 2.73. The van der Waals surface area contributed by atoms with E-state index < -0.39 is 0 Å². The molecular formula is C16H23N3S. The first-order valence-corrected chi connectivity index (χ1v) is 7.89. The second kappa shape index (κ2) is 5.52. The Morgan fingerprint density at radius 2 is 1.90 bits per heavy atom. The summed E-state index contributed by atoms with van der Waals surface area (Å²) >= 11 is 1.76. The first kappa shape index (κ1) is 15.0. The molecule has 4 heteroatoms. The highest BCUT2D eigenvalue weighted by Gasteiger charge is 2.21. The molecule has 0 atom stereocenters. The zero-order chi connectivity index (χ0) is 14.9. The zero-order valence-electron chi connectivity index (χ0n) is 13.2. The van der Waals surface area contributed by atoms with Gasteiger partial charge in [0.2, 0.25) is 0 Å². The number of thiophene rings is 1. The van der Waals surface area contributed by atoms with Crippen molar-refractivity contribution >= 4 is 17.2 Å². The number of nitrogens with zero attached hydrogens (tertiary/aromatic N) is 2. The van der Waals surface area contributed by atoms with Gasteiger partial charge in [0.1, 0.15) is 11.6 Å². The summed E-state index contributed by atoms with van der Waals surface area (Å²) in [5, 5.41) is 5.53. The lowest BCUT2D eigenvalue weighted by Crippen LogP contribution is -2.18. The minimum Gasteiger partial charge on any atom is -0.370 e. The molecular weight excluding hydrogens is 266 g/mol. The SMILES string of the molecule is CCNc1nc(C(C)(C)C)nc(-c2csc(C)c2)c1C. The Kier molecular flexibility index (Phi) is 4.14. The smallest absolute Gasteiger partial charge is 0.136 e. The fraction of sp³-hybridized carbons (Fsp3) is 0.500. The molecule has 2 aromatic rings. The highest BCUT2D eigenvalue weighted by Crippen LogP contribution is 2.31. The Balaban J connectivity index is 2.63. The Morgan fingerprint density at radius 3 is 2.40 bits per heavy atom. The Morgan fingerprint density at radius 1 is 1.20 bits per heavy atom. The second-order valence-corrected chi connectivity index (χ2v) is 7.21. The van der Waals surface area contributed by atoms with Gasteiger partial charge in [-0.1, -0.05) is 20.8 Å². The molecule has 0 aromatic carbocycles. The third-order valence-corrected chi connectivity index (χ3v) is 4.03. The third-order valence-electron chi connectivity index (χ3n) is 3.16. The van der Waals surface area contributed by atoms with Crippen molar-refractivity contribution in [3.8, 4) is 11.3 Å². The van der Waals surface area contributed by atoms with Gasteiger partial charge < -0.3 is 5.32 Å². The van der Waals surface area contributed by atoms with Crippen LogP contribution in [0.2, 0.25) is 0 Å². The van der Waals surface area contributed by atoms with Crippen LogP contribution in [0.15, 0.2) is 11.4 Å². The van der Waals surface area contributed by atoms with Gasteiger partial charge >= 0.3 is 0 Å². The standard InChI is InChI=1S/C16H23N3S/c1-7-17-14-11(3)13(12-8-10(2)20-9-12)18-15(19-14)16(4,5)6/h8-9H,7H2,1-6H3,(H,17,18,19). The summed E-state index contributed by atoms with van der Waals surface area (Å²) in [6.07, 6.45) is 0. The number of hydrogen-bond acceptors (Lipinski definition) is 4. The van der Waals surface area contributed by atoms with E-state index >= 15 is 0 Å². The highest BCUT2D eigenvalue weighted by atomic mass is 32.1. The van der Waals surface area contributed by atoms with Crippen molar-refractivity contribution in [2.75, 3.05) is 11.9 Å². The van der Waals surface area contributed by atoms with Gasteiger partial charge in [0.05, 0.1) is 5.69 Å². The van der Waals surface area contributed by atoms with E-state index in [1.807, 2.05) is 0 Å². The molecule has 0 aliphatic rings. The van der Waals surface area contributed by atoms with E-state index in [1.54, 1.807) is 11.3 Å². The number of anilines is 1. The van der Waals surface area contributed by atoms with Crippen molar-refractivity contribution in [3.05, 3.63) is 27.7 Å². The molecule has 1 N–H and O–H groups in total. The Labute approximate surface area is 125 Å². The van der Waals surface area contributed by atoms with Gasteiger partial charge in [-0.05, 0) is 26.8 Å². The third kappa shape index (κ3) is 3.01. The molecule has 20 heavy (non-hydrogen) atoms. The molecule has 0 aliphatic heterocycles. The van der Waals surface area contributed by atoms with E-state index in [0.29, 0.717) is 0 Å². The first-order valence-electron chi connectivity index (χ1n) is 7.01. The maximum absolute atomic E-state index is 4.83. The summed E-state index contributed by atoms with van der Waals surface area (Å²) in [5.41, 5.74) is 3.30. The van der Waals surface area contributed by atoms with Crippen LogP contribution < -0.4 is 5.32 Å². The predicted octanol–water partition coefficient (Wildman–Crippen LogP) is 4.55. The molecule has 0 amide bonds. The summed E-state index contributed by atoms with van der Waals surface area (Å²) in [5.74, 6) is 1.84. The van der Waals surface area contributed by atoms with Gasteiger partial charge in [-0.15, -0.1) is 11.3 Å². The number of hydrogen-bond donors (Lipinski definition) is 1. The fourth-order valence-electron chi connectivity index (χ4n) is 2.04.